The highest BCUT2D eigenvalue weighted by molar-refractivity contribution is 6.31. The van der Waals surface area contributed by atoms with Crippen molar-refractivity contribution in [3.63, 3.8) is 0 Å². The van der Waals surface area contributed by atoms with Crippen molar-refractivity contribution in [1.29, 1.82) is 0 Å². The van der Waals surface area contributed by atoms with Gasteiger partial charge in [0, 0.05) is 32.9 Å². The molecule has 1 aromatic rings. The predicted octanol–water partition coefficient (Wildman–Crippen LogP) is 3.13. The van der Waals surface area contributed by atoms with Crippen LogP contribution in [0.25, 0.3) is 0 Å². The first kappa shape index (κ1) is 22.0. The van der Waals surface area contributed by atoms with E-state index in [0.29, 0.717) is 12.5 Å². The van der Waals surface area contributed by atoms with Gasteiger partial charge in [0.2, 0.25) is 5.88 Å². The molecule has 0 radical (unpaired) electrons. The molecule has 2 fully saturated rings. The number of pyridine rings is 1. The molecule has 0 aromatic carbocycles. The minimum Gasteiger partial charge on any atom is -0.475 e. The Labute approximate surface area is 174 Å². The first-order valence-corrected chi connectivity index (χ1v) is 10.3. The fourth-order valence-electron chi connectivity index (χ4n) is 3.83. The molecule has 0 saturated carbocycles. The second-order valence-corrected chi connectivity index (χ2v) is 7.85. The number of hydrogen-bond donors (Lipinski definition) is 1. The van der Waals surface area contributed by atoms with Crippen molar-refractivity contribution in [1.82, 2.24) is 20.1 Å². The number of aliphatic imine (C=N–C) groups is 1. The van der Waals surface area contributed by atoms with Crippen molar-refractivity contribution in [2.24, 2.45) is 10.9 Å². The van der Waals surface area contributed by atoms with Crippen LogP contribution in [0, 0.1) is 5.92 Å². The minimum absolute atomic E-state index is 0.0108. The molecule has 1 atom stereocenters. The Morgan fingerprint density at radius 2 is 2.10 bits per heavy atom. The van der Waals surface area contributed by atoms with E-state index in [-0.39, 0.29) is 17.5 Å². The lowest BCUT2D eigenvalue weighted by Gasteiger charge is -2.23. The fourth-order valence-corrected chi connectivity index (χ4v) is 4.05. The van der Waals surface area contributed by atoms with Gasteiger partial charge in [0.25, 0.3) is 0 Å². The monoisotopic (exact) mass is 433 g/mol. The average molecular weight is 434 g/mol. The van der Waals surface area contributed by atoms with E-state index in [4.69, 9.17) is 16.3 Å². The zero-order chi connectivity index (χ0) is 20.9. The van der Waals surface area contributed by atoms with Gasteiger partial charge in [-0.05, 0) is 44.3 Å². The lowest BCUT2D eigenvalue weighted by atomic mass is 10.1. The Morgan fingerprint density at radius 1 is 1.34 bits per heavy atom. The summed E-state index contributed by atoms with van der Waals surface area (Å²) in [6, 6.07) is 0.820. The summed E-state index contributed by atoms with van der Waals surface area (Å²) >= 11 is 5.85. The van der Waals surface area contributed by atoms with Gasteiger partial charge >= 0.3 is 6.18 Å². The quantitative estimate of drug-likeness (QED) is 0.424. The van der Waals surface area contributed by atoms with Crippen molar-refractivity contribution < 1.29 is 17.9 Å². The maximum atomic E-state index is 12.7. The van der Waals surface area contributed by atoms with E-state index in [2.05, 4.69) is 25.1 Å². The second kappa shape index (κ2) is 9.84. The van der Waals surface area contributed by atoms with E-state index in [1.807, 2.05) is 0 Å². The third kappa shape index (κ3) is 6.12. The smallest absolute Gasteiger partial charge is 0.417 e. The highest BCUT2D eigenvalue weighted by Crippen LogP contribution is 2.33. The molecule has 162 valence electrons. The Kier molecular flexibility index (Phi) is 7.45. The third-order valence-corrected chi connectivity index (χ3v) is 5.54. The molecular weight excluding hydrogens is 407 g/mol. The molecule has 0 spiro atoms. The molecule has 1 N–H and O–H groups in total. The van der Waals surface area contributed by atoms with Crippen LogP contribution in [-0.2, 0) is 6.18 Å². The highest BCUT2D eigenvalue weighted by Gasteiger charge is 2.32. The largest absolute Gasteiger partial charge is 0.475 e. The van der Waals surface area contributed by atoms with E-state index in [1.165, 1.54) is 25.9 Å². The third-order valence-electron chi connectivity index (χ3n) is 5.27. The van der Waals surface area contributed by atoms with Crippen LogP contribution in [0.2, 0.25) is 5.02 Å². The van der Waals surface area contributed by atoms with E-state index in [1.54, 1.807) is 7.05 Å². The number of alkyl halides is 3. The zero-order valence-corrected chi connectivity index (χ0v) is 17.3. The van der Waals surface area contributed by atoms with Crippen molar-refractivity contribution in [3.8, 4) is 5.88 Å². The molecule has 1 aromatic heterocycles. The van der Waals surface area contributed by atoms with E-state index in [0.717, 1.165) is 44.3 Å². The lowest BCUT2D eigenvalue weighted by molar-refractivity contribution is -0.137. The molecule has 0 bridgehead atoms. The minimum atomic E-state index is -4.48. The number of aromatic nitrogens is 1. The number of hydrogen-bond acceptors (Lipinski definition) is 4. The maximum Gasteiger partial charge on any atom is 0.417 e. The molecule has 2 aliphatic rings. The lowest BCUT2D eigenvalue weighted by Crippen LogP contribution is -2.42. The summed E-state index contributed by atoms with van der Waals surface area (Å²) < 4.78 is 43.4. The molecule has 6 nitrogen and oxygen atoms in total. The van der Waals surface area contributed by atoms with Gasteiger partial charge in [-0.3, -0.25) is 4.99 Å². The second-order valence-electron chi connectivity index (χ2n) is 7.44. The summed E-state index contributed by atoms with van der Waals surface area (Å²) in [4.78, 5) is 12.8. The van der Waals surface area contributed by atoms with Gasteiger partial charge in [-0.25, -0.2) is 4.98 Å². The molecule has 2 saturated heterocycles. The first-order chi connectivity index (χ1) is 13.9. The van der Waals surface area contributed by atoms with Crippen molar-refractivity contribution in [2.45, 2.75) is 25.4 Å². The summed E-state index contributed by atoms with van der Waals surface area (Å²) in [6.45, 7) is 6.16. The van der Waals surface area contributed by atoms with Crippen LogP contribution in [0.1, 0.15) is 24.8 Å². The van der Waals surface area contributed by atoms with Gasteiger partial charge in [-0.1, -0.05) is 11.6 Å². The number of ether oxygens (including phenoxy) is 1. The normalized spacial score (nSPS) is 21.1. The number of halogens is 4. The number of guanidine groups is 1. The van der Waals surface area contributed by atoms with E-state index < -0.39 is 11.7 Å². The predicted molar refractivity (Wildman–Crippen MR) is 106 cm³/mol. The Balaban J connectivity index is 1.41. The van der Waals surface area contributed by atoms with Crippen LogP contribution in [-0.4, -0.2) is 73.7 Å². The number of nitrogens with one attached hydrogen (secondary N) is 1. The van der Waals surface area contributed by atoms with Crippen LogP contribution in [0.3, 0.4) is 0 Å². The molecule has 0 amide bonds. The molecule has 1 unspecified atom stereocenters. The van der Waals surface area contributed by atoms with Gasteiger partial charge in [0.15, 0.2) is 5.96 Å². The van der Waals surface area contributed by atoms with Crippen LogP contribution in [0.15, 0.2) is 17.3 Å². The standard InChI is InChI=1S/C19H27ClF3N5O/c1-24-18(28-8-4-14(13-28)12-27-6-2-3-7-27)25-5-9-29-17-16(20)10-15(11-26-17)19(21,22)23/h10-11,14H,2-9,12-13H2,1H3,(H,24,25). The van der Waals surface area contributed by atoms with Crippen molar-refractivity contribution in [3.05, 3.63) is 22.8 Å². The van der Waals surface area contributed by atoms with E-state index in [9.17, 15) is 13.2 Å². The van der Waals surface area contributed by atoms with Crippen LogP contribution in [0.5, 0.6) is 5.88 Å². The number of nitrogens with zero attached hydrogens (tertiary/aromatic N) is 4. The molecule has 3 rings (SSSR count). The summed E-state index contributed by atoms with van der Waals surface area (Å²) in [5, 5.41) is 3.08. The van der Waals surface area contributed by atoms with Gasteiger partial charge in [-0.2, -0.15) is 13.2 Å². The van der Waals surface area contributed by atoms with Crippen LogP contribution in [0.4, 0.5) is 13.2 Å². The van der Waals surface area contributed by atoms with Crippen molar-refractivity contribution in [2.75, 3.05) is 52.9 Å². The molecule has 0 aliphatic carbocycles. The van der Waals surface area contributed by atoms with E-state index >= 15 is 0 Å². The molecule has 2 aliphatic heterocycles. The number of likely N-dealkylation sites (tertiary alicyclic amines) is 2. The van der Waals surface area contributed by atoms with Gasteiger partial charge < -0.3 is 19.9 Å². The molecule has 29 heavy (non-hydrogen) atoms. The van der Waals surface area contributed by atoms with Crippen molar-refractivity contribution >= 4 is 17.6 Å². The summed E-state index contributed by atoms with van der Waals surface area (Å²) in [5.41, 5.74) is -0.897. The summed E-state index contributed by atoms with van der Waals surface area (Å²) in [7, 11) is 1.74. The SMILES string of the molecule is CN=C(NCCOc1ncc(C(F)(F)F)cc1Cl)N1CCC(CN2CCCC2)C1. The maximum absolute atomic E-state index is 12.7. The Bertz CT molecular complexity index is 710. The summed E-state index contributed by atoms with van der Waals surface area (Å²) in [5.74, 6) is 1.45. The van der Waals surface area contributed by atoms with Gasteiger partial charge in [-0.15, -0.1) is 0 Å². The Hall–Kier alpha value is -1.74. The molecule has 3 heterocycles. The molecular formula is C19H27ClF3N5O. The molecule has 10 heteroatoms. The average Bonchev–Trinajstić information content (AvgIpc) is 3.35. The van der Waals surface area contributed by atoms with Gasteiger partial charge in [0.1, 0.15) is 11.6 Å². The topological polar surface area (TPSA) is 53.0 Å². The van der Waals surface area contributed by atoms with Crippen LogP contribution < -0.4 is 10.1 Å². The van der Waals surface area contributed by atoms with Gasteiger partial charge in [0.05, 0.1) is 12.1 Å². The van der Waals surface area contributed by atoms with Crippen LogP contribution >= 0.6 is 11.6 Å². The fraction of sp³-hybridized carbons (Fsp3) is 0.684. The first-order valence-electron chi connectivity index (χ1n) is 9.90. The zero-order valence-electron chi connectivity index (χ0n) is 16.5. The Morgan fingerprint density at radius 3 is 2.76 bits per heavy atom. The highest BCUT2D eigenvalue weighted by atomic mass is 35.5. The summed E-state index contributed by atoms with van der Waals surface area (Å²) in [6.07, 6.45) is -0.00237. The number of rotatable bonds is 6.